The van der Waals surface area contributed by atoms with Gasteiger partial charge in [-0.1, -0.05) is 23.7 Å². The van der Waals surface area contributed by atoms with Crippen LogP contribution in [0.15, 0.2) is 42.6 Å². The number of nitrogens with zero attached hydrogens (tertiary/aromatic N) is 1. The summed E-state index contributed by atoms with van der Waals surface area (Å²) in [5.41, 5.74) is 1.05. The van der Waals surface area contributed by atoms with E-state index < -0.39 is 0 Å². The zero-order valence-electron chi connectivity index (χ0n) is 9.89. The smallest absolute Gasteiger partial charge is 0.279 e. The third kappa shape index (κ3) is 3.05. The molecule has 1 N–H and O–H groups in total. The molecule has 5 heteroatoms. The summed E-state index contributed by atoms with van der Waals surface area (Å²) in [5.74, 6) is 1.23. The maximum atomic E-state index is 11.5. The quantitative estimate of drug-likeness (QED) is 0.682. The zero-order valence-corrected chi connectivity index (χ0v) is 10.6. The molecule has 1 heterocycles. The molecule has 0 bridgehead atoms. The van der Waals surface area contributed by atoms with Crippen molar-refractivity contribution >= 4 is 17.4 Å². The van der Waals surface area contributed by atoms with Gasteiger partial charge in [0.1, 0.15) is 12.3 Å². The first-order valence-electron chi connectivity index (χ1n) is 5.44. The van der Waals surface area contributed by atoms with Crippen molar-refractivity contribution in [1.82, 2.24) is 0 Å². The molecular weight excluding hydrogens is 252 g/mol. The lowest BCUT2D eigenvalue weighted by Gasteiger charge is -2.09. The van der Waals surface area contributed by atoms with E-state index in [2.05, 4.69) is 5.32 Å². The second-order valence-corrected chi connectivity index (χ2v) is 4.19. The average molecular weight is 265 g/mol. The Balaban J connectivity index is 2.04. The third-order valence-corrected chi connectivity index (χ3v) is 2.75. The Morgan fingerprint density at radius 1 is 1.28 bits per heavy atom. The van der Waals surface area contributed by atoms with E-state index in [4.69, 9.17) is 16.3 Å². The minimum absolute atomic E-state index is 0.429. The third-order valence-electron chi connectivity index (χ3n) is 2.51. The first-order chi connectivity index (χ1) is 8.69. The van der Waals surface area contributed by atoms with Crippen molar-refractivity contribution < 1.29 is 9.47 Å². The number of hydrogen-bond acceptors (Lipinski definition) is 3. The van der Waals surface area contributed by atoms with Gasteiger partial charge in [0.2, 0.25) is 0 Å². The first-order valence-corrected chi connectivity index (χ1v) is 5.82. The number of pyridine rings is 1. The number of rotatable bonds is 4. The summed E-state index contributed by atoms with van der Waals surface area (Å²) in [6.07, 6.45) is 1.37. The minimum atomic E-state index is 0.429. The van der Waals surface area contributed by atoms with Crippen molar-refractivity contribution in [3.05, 3.63) is 58.4 Å². The lowest BCUT2D eigenvalue weighted by Crippen LogP contribution is -2.29. The summed E-state index contributed by atoms with van der Waals surface area (Å²) in [5, 5.41) is 15.0. The van der Waals surface area contributed by atoms with Crippen LogP contribution in [-0.2, 0) is 6.54 Å². The molecule has 4 nitrogen and oxygen atoms in total. The normalized spacial score (nSPS) is 10.1. The molecule has 1 aromatic heterocycles. The van der Waals surface area contributed by atoms with Gasteiger partial charge in [0, 0.05) is 6.07 Å². The van der Waals surface area contributed by atoms with Crippen LogP contribution in [0, 0.1) is 5.21 Å². The van der Waals surface area contributed by atoms with Crippen LogP contribution in [0.25, 0.3) is 0 Å². The van der Waals surface area contributed by atoms with Crippen LogP contribution in [0.2, 0.25) is 5.02 Å². The average Bonchev–Trinajstić information content (AvgIpc) is 2.40. The molecule has 2 aromatic rings. The number of aromatic nitrogens is 1. The number of nitrogens with one attached hydrogen (secondary N) is 1. The Morgan fingerprint density at radius 2 is 2.00 bits per heavy atom. The van der Waals surface area contributed by atoms with Gasteiger partial charge in [-0.25, -0.2) is 4.73 Å². The van der Waals surface area contributed by atoms with Gasteiger partial charge in [0.25, 0.3) is 5.82 Å². The lowest BCUT2D eigenvalue weighted by atomic mass is 10.2. The molecule has 0 aliphatic heterocycles. The fourth-order valence-corrected chi connectivity index (χ4v) is 1.69. The number of benzene rings is 1. The first kappa shape index (κ1) is 12.5. The standard InChI is InChI=1S/C13H13ClN2O2/c1-18-12-4-2-10(3-5-12)9-15-13-8-11(14)6-7-16(13)17/h2-8,15H,9H2,1H3. The highest BCUT2D eigenvalue weighted by Crippen LogP contribution is 2.14. The molecule has 1 aromatic carbocycles. The molecule has 0 saturated heterocycles. The van der Waals surface area contributed by atoms with Gasteiger partial charge in [0.05, 0.1) is 18.3 Å². The van der Waals surface area contributed by atoms with Crippen LogP contribution in [0.4, 0.5) is 5.82 Å². The fourth-order valence-electron chi connectivity index (χ4n) is 1.53. The predicted molar refractivity (Wildman–Crippen MR) is 70.7 cm³/mol. The zero-order chi connectivity index (χ0) is 13.0. The monoisotopic (exact) mass is 264 g/mol. The summed E-state index contributed by atoms with van der Waals surface area (Å²) in [4.78, 5) is 0. The Bertz CT molecular complexity index is 529. The Morgan fingerprint density at radius 3 is 2.67 bits per heavy atom. The second-order valence-electron chi connectivity index (χ2n) is 3.76. The van der Waals surface area contributed by atoms with Crippen molar-refractivity contribution in [2.24, 2.45) is 0 Å². The number of methoxy groups -OCH3 is 1. The number of hydrogen-bond donors (Lipinski definition) is 1. The maximum Gasteiger partial charge on any atom is 0.279 e. The molecule has 18 heavy (non-hydrogen) atoms. The fraction of sp³-hybridized carbons (Fsp3) is 0.154. The van der Waals surface area contributed by atoms with Gasteiger partial charge in [0.15, 0.2) is 0 Å². The molecule has 0 unspecified atom stereocenters. The van der Waals surface area contributed by atoms with Gasteiger partial charge >= 0.3 is 0 Å². The van der Waals surface area contributed by atoms with Crippen LogP contribution in [0.3, 0.4) is 0 Å². The van der Waals surface area contributed by atoms with Crippen LogP contribution < -0.4 is 14.8 Å². The topological polar surface area (TPSA) is 48.2 Å². The molecule has 0 spiro atoms. The lowest BCUT2D eigenvalue weighted by molar-refractivity contribution is -0.590. The van der Waals surface area contributed by atoms with Crippen molar-refractivity contribution in [2.45, 2.75) is 6.54 Å². The molecule has 0 amide bonds. The molecule has 0 fully saturated rings. The van der Waals surface area contributed by atoms with Crippen LogP contribution in [0.1, 0.15) is 5.56 Å². The predicted octanol–water partition coefficient (Wildman–Crippen LogP) is 2.59. The Kier molecular flexibility index (Phi) is 3.89. The number of ether oxygens (including phenoxy) is 1. The molecule has 0 aliphatic carbocycles. The second kappa shape index (κ2) is 5.60. The van der Waals surface area contributed by atoms with Crippen LogP contribution in [0.5, 0.6) is 5.75 Å². The van der Waals surface area contributed by atoms with E-state index in [1.807, 2.05) is 24.3 Å². The highest BCUT2D eigenvalue weighted by Gasteiger charge is 2.05. The van der Waals surface area contributed by atoms with Gasteiger partial charge < -0.3 is 9.94 Å². The molecule has 94 valence electrons. The Labute approximate surface area is 110 Å². The van der Waals surface area contributed by atoms with E-state index in [1.165, 1.54) is 6.20 Å². The maximum absolute atomic E-state index is 11.5. The molecular formula is C13H13ClN2O2. The van der Waals surface area contributed by atoms with Crippen molar-refractivity contribution in [3.8, 4) is 5.75 Å². The van der Waals surface area contributed by atoms with E-state index in [-0.39, 0.29) is 0 Å². The number of halogens is 1. The van der Waals surface area contributed by atoms with Gasteiger partial charge in [-0.15, -0.1) is 0 Å². The van der Waals surface area contributed by atoms with Gasteiger partial charge in [-0.3, -0.25) is 5.32 Å². The van der Waals surface area contributed by atoms with E-state index in [9.17, 15) is 5.21 Å². The van der Waals surface area contributed by atoms with Gasteiger partial charge in [-0.05, 0) is 23.8 Å². The molecule has 0 atom stereocenters. The molecule has 2 rings (SSSR count). The van der Waals surface area contributed by atoms with E-state index in [1.54, 1.807) is 19.2 Å². The van der Waals surface area contributed by atoms with Crippen LogP contribution in [-0.4, -0.2) is 7.11 Å². The Hall–Kier alpha value is -1.94. The summed E-state index contributed by atoms with van der Waals surface area (Å²) in [6.45, 7) is 0.548. The van der Waals surface area contributed by atoms with Crippen molar-refractivity contribution in [3.63, 3.8) is 0 Å². The van der Waals surface area contributed by atoms with E-state index >= 15 is 0 Å². The van der Waals surface area contributed by atoms with Crippen molar-refractivity contribution in [2.75, 3.05) is 12.4 Å². The highest BCUT2D eigenvalue weighted by molar-refractivity contribution is 6.30. The van der Waals surface area contributed by atoms with E-state index in [0.717, 1.165) is 16.0 Å². The summed E-state index contributed by atoms with van der Waals surface area (Å²) in [7, 11) is 1.62. The molecule has 0 saturated carbocycles. The molecule has 0 aliphatic rings. The summed E-state index contributed by atoms with van der Waals surface area (Å²) in [6, 6.07) is 10.8. The molecule has 0 radical (unpaired) electrons. The minimum Gasteiger partial charge on any atom is -0.711 e. The number of anilines is 1. The van der Waals surface area contributed by atoms with Crippen LogP contribution >= 0.6 is 11.6 Å². The van der Waals surface area contributed by atoms with Gasteiger partial charge in [-0.2, -0.15) is 0 Å². The van der Waals surface area contributed by atoms with Crippen molar-refractivity contribution in [1.29, 1.82) is 0 Å². The summed E-state index contributed by atoms with van der Waals surface area (Å²) >= 11 is 5.83. The highest BCUT2D eigenvalue weighted by atomic mass is 35.5. The van der Waals surface area contributed by atoms with E-state index in [0.29, 0.717) is 17.4 Å². The summed E-state index contributed by atoms with van der Waals surface area (Å²) < 4.78 is 5.82. The SMILES string of the molecule is COc1ccc(CNc2cc(Cl)cc[n+]2[O-])cc1. The largest absolute Gasteiger partial charge is 0.711 e.